The van der Waals surface area contributed by atoms with Gasteiger partial charge in [-0.25, -0.2) is 0 Å². The Morgan fingerprint density at radius 3 is 2.17 bits per heavy atom. The molecular weight excluding hydrogens is 562 g/mol. The van der Waals surface area contributed by atoms with Crippen LogP contribution in [-0.2, 0) is 0 Å². The van der Waals surface area contributed by atoms with Crippen LogP contribution in [0.15, 0.2) is 162 Å². The van der Waals surface area contributed by atoms with E-state index in [9.17, 15) is 0 Å². The standard InChI is InChI=1S/C42H31N3O/c1-2-11-29(12-3-1)39-37(25-24-34-33-14-7-9-17-38(33)46-41(34)39)44-42-43-36-16-8-6-15-35(36)40(45-42)30-21-18-28(19-22-30)32-23-20-27-10-4-5-13-31(27)26-32/h1-26,40,42-45H. The van der Waals surface area contributed by atoms with E-state index in [1.54, 1.807) is 0 Å². The van der Waals surface area contributed by atoms with Crippen LogP contribution < -0.4 is 16.0 Å². The highest BCUT2D eigenvalue weighted by molar-refractivity contribution is 6.12. The largest absolute Gasteiger partial charge is 0.455 e. The minimum Gasteiger partial charge on any atom is -0.455 e. The van der Waals surface area contributed by atoms with E-state index in [2.05, 4.69) is 155 Å². The first kappa shape index (κ1) is 26.6. The Labute approximate surface area is 267 Å². The Balaban J connectivity index is 1.08. The van der Waals surface area contributed by atoms with Crippen molar-refractivity contribution in [1.29, 1.82) is 0 Å². The highest BCUT2D eigenvalue weighted by atomic mass is 16.3. The molecular formula is C42H31N3O. The van der Waals surface area contributed by atoms with Gasteiger partial charge in [0.25, 0.3) is 0 Å². The molecule has 46 heavy (non-hydrogen) atoms. The fourth-order valence-corrected chi connectivity index (χ4v) is 6.88. The normalized spacial score (nSPS) is 15.9. The van der Waals surface area contributed by atoms with Crippen molar-refractivity contribution < 1.29 is 4.42 Å². The summed E-state index contributed by atoms with van der Waals surface area (Å²) in [7, 11) is 0. The third-order valence-electron chi connectivity index (χ3n) is 9.14. The van der Waals surface area contributed by atoms with Crippen LogP contribution in [0.1, 0.15) is 17.2 Å². The van der Waals surface area contributed by atoms with Crippen LogP contribution in [0.2, 0.25) is 0 Å². The summed E-state index contributed by atoms with van der Waals surface area (Å²) in [5, 5.41) is 16.1. The molecule has 0 saturated heterocycles. The van der Waals surface area contributed by atoms with Crippen LogP contribution in [0.4, 0.5) is 11.4 Å². The van der Waals surface area contributed by atoms with E-state index >= 15 is 0 Å². The summed E-state index contributed by atoms with van der Waals surface area (Å²) in [4.78, 5) is 0. The van der Waals surface area contributed by atoms with Gasteiger partial charge >= 0.3 is 0 Å². The molecule has 3 N–H and O–H groups in total. The molecule has 220 valence electrons. The van der Waals surface area contributed by atoms with Gasteiger partial charge in [0.2, 0.25) is 0 Å². The first-order chi connectivity index (χ1) is 22.8. The Morgan fingerprint density at radius 2 is 1.28 bits per heavy atom. The summed E-state index contributed by atoms with van der Waals surface area (Å²) >= 11 is 0. The van der Waals surface area contributed by atoms with Gasteiger partial charge in [-0.3, -0.25) is 5.32 Å². The molecule has 0 amide bonds. The lowest BCUT2D eigenvalue weighted by molar-refractivity contribution is 0.527. The maximum absolute atomic E-state index is 6.51. The molecule has 0 bridgehead atoms. The minimum atomic E-state index is -0.232. The van der Waals surface area contributed by atoms with Crippen molar-refractivity contribution in [3.05, 3.63) is 169 Å². The number of hydrogen-bond acceptors (Lipinski definition) is 4. The second kappa shape index (κ2) is 11.0. The molecule has 1 aliphatic heterocycles. The van der Waals surface area contributed by atoms with Crippen LogP contribution in [0.5, 0.6) is 0 Å². The van der Waals surface area contributed by atoms with E-state index in [-0.39, 0.29) is 12.3 Å². The predicted octanol–water partition coefficient (Wildman–Crippen LogP) is 10.6. The zero-order valence-corrected chi connectivity index (χ0v) is 25.1. The van der Waals surface area contributed by atoms with Crippen molar-refractivity contribution in [1.82, 2.24) is 5.32 Å². The number of rotatable bonds is 5. The maximum atomic E-state index is 6.51. The molecule has 0 spiro atoms. The van der Waals surface area contributed by atoms with Gasteiger partial charge in [0.05, 0.1) is 6.04 Å². The van der Waals surface area contributed by atoms with Crippen LogP contribution in [0.3, 0.4) is 0 Å². The van der Waals surface area contributed by atoms with Crippen molar-refractivity contribution in [3.8, 4) is 22.3 Å². The molecule has 2 unspecified atom stereocenters. The molecule has 7 aromatic carbocycles. The molecule has 2 heterocycles. The molecule has 4 heteroatoms. The Morgan fingerprint density at radius 1 is 0.543 bits per heavy atom. The molecule has 2 atom stereocenters. The third kappa shape index (κ3) is 4.59. The summed E-state index contributed by atoms with van der Waals surface area (Å²) in [6, 6.07) is 55.8. The van der Waals surface area contributed by atoms with Crippen LogP contribution >= 0.6 is 0 Å². The number of fused-ring (bicyclic) bond motifs is 5. The van der Waals surface area contributed by atoms with Gasteiger partial charge in [0.1, 0.15) is 11.2 Å². The van der Waals surface area contributed by atoms with Gasteiger partial charge in [-0.05, 0) is 68.9 Å². The predicted molar refractivity (Wildman–Crippen MR) is 191 cm³/mol. The van der Waals surface area contributed by atoms with Crippen LogP contribution in [0, 0.1) is 0 Å². The van der Waals surface area contributed by atoms with Gasteiger partial charge in [-0.2, -0.15) is 0 Å². The van der Waals surface area contributed by atoms with Crippen LogP contribution in [-0.4, -0.2) is 6.29 Å². The molecule has 9 rings (SSSR count). The summed E-state index contributed by atoms with van der Waals surface area (Å²) in [6.07, 6.45) is -0.232. The molecule has 1 aliphatic rings. The van der Waals surface area contributed by atoms with Gasteiger partial charge in [0, 0.05) is 27.7 Å². The van der Waals surface area contributed by atoms with Crippen molar-refractivity contribution in [2.24, 2.45) is 0 Å². The number of nitrogens with one attached hydrogen (secondary N) is 3. The summed E-state index contributed by atoms with van der Waals surface area (Å²) in [6.45, 7) is 0. The molecule has 0 radical (unpaired) electrons. The minimum absolute atomic E-state index is 0.00397. The lowest BCUT2D eigenvalue weighted by Crippen LogP contribution is -2.48. The number of benzene rings is 7. The van der Waals surface area contributed by atoms with Crippen LogP contribution in [0.25, 0.3) is 55.0 Å². The lowest BCUT2D eigenvalue weighted by Gasteiger charge is -2.36. The Hall–Kier alpha value is -5.84. The summed E-state index contributed by atoms with van der Waals surface area (Å²) < 4.78 is 6.51. The van der Waals surface area contributed by atoms with E-state index in [4.69, 9.17) is 4.42 Å². The molecule has 0 aliphatic carbocycles. The van der Waals surface area contributed by atoms with E-state index in [1.165, 1.54) is 33.0 Å². The quantitative estimate of drug-likeness (QED) is 0.186. The smallest absolute Gasteiger partial charge is 0.153 e. The van der Waals surface area contributed by atoms with E-state index in [1.807, 2.05) is 18.2 Å². The number of para-hydroxylation sites is 2. The summed E-state index contributed by atoms with van der Waals surface area (Å²) in [5.74, 6) is 0. The number of furan rings is 1. The van der Waals surface area contributed by atoms with E-state index in [0.717, 1.165) is 44.4 Å². The molecule has 0 saturated carbocycles. The van der Waals surface area contributed by atoms with E-state index < -0.39 is 0 Å². The fraction of sp³-hybridized carbons (Fsp3) is 0.0476. The lowest BCUT2D eigenvalue weighted by atomic mass is 9.93. The van der Waals surface area contributed by atoms with Crippen molar-refractivity contribution in [2.75, 3.05) is 10.6 Å². The average molecular weight is 594 g/mol. The SMILES string of the molecule is c1ccc(-c2c(NC3Nc4ccccc4C(c4ccc(-c5ccc6ccccc6c5)cc4)N3)ccc3c2oc2ccccc23)cc1. The van der Waals surface area contributed by atoms with Crippen molar-refractivity contribution >= 4 is 44.1 Å². The molecule has 1 aromatic heterocycles. The van der Waals surface area contributed by atoms with Gasteiger partial charge in [0.15, 0.2) is 6.29 Å². The first-order valence-electron chi connectivity index (χ1n) is 15.8. The molecule has 8 aromatic rings. The zero-order chi connectivity index (χ0) is 30.5. The first-order valence-corrected chi connectivity index (χ1v) is 15.8. The fourth-order valence-electron chi connectivity index (χ4n) is 6.88. The highest BCUT2D eigenvalue weighted by Crippen LogP contribution is 2.41. The van der Waals surface area contributed by atoms with Gasteiger partial charge < -0.3 is 15.1 Å². The monoisotopic (exact) mass is 593 g/mol. The van der Waals surface area contributed by atoms with Gasteiger partial charge in [-0.15, -0.1) is 0 Å². The second-order valence-corrected chi connectivity index (χ2v) is 11.9. The topological polar surface area (TPSA) is 49.2 Å². The zero-order valence-electron chi connectivity index (χ0n) is 25.1. The molecule has 4 nitrogen and oxygen atoms in total. The number of hydrogen-bond donors (Lipinski definition) is 3. The van der Waals surface area contributed by atoms with E-state index in [0.29, 0.717) is 0 Å². The Kier molecular flexibility index (Phi) is 6.32. The Bertz CT molecular complexity index is 2360. The third-order valence-corrected chi connectivity index (χ3v) is 9.14. The molecule has 0 fully saturated rings. The maximum Gasteiger partial charge on any atom is 0.153 e. The number of anilines is 2. The second-order valence-electron chi connectivity index (χ2n) is 11.9. The summed E-state index contributed by atoms with van der Waals surface area (Å²) in [5.41, 5.74) is 10.9. The van der Waals surface area contributed by atoms with Crippen molar-refractivity contribution in [2.45, 2.75) is 12.3 Å². The van der Waals surface area contributed by atoms with Gasteiger partial charge in [-0.1, -0.05) is 127 Å². The highest BCUT2D eigenvalue weighted by Gasteiger charge is 2.28. The van der Waals surface area contributed by atoms with Crippen molar-refractivity contribution in [3.63, 3.8) is 0 Å². The average Bonchev–Trinajstić information content (AvgIpc) is 3.50.